The van der Waals surface area contributed by atoms with Crippen LogP contribution in [0, 0.1) is 6.92 Å². The molecule has 6 nitrogen and oxygen atoms in total. The zero-order valence-electron chi connectivity index (χ0n) is 20.1. The molecular formula is C29H22ClN3O3S. The molecule has 0 aliphatic rings. The topological polar surface area (TPSA) is 81.1 Å². The maximum Gasteiger partial charge on any atom is 0.251 e. The number of rotatable bonds is 6. The highest BCUT2D eigenvalue weighted by atomic mass is 35.5. The van der Waals surface area contributed by atoms with E-state index in [0.717, 1.165) is 16.3 Å². The number of amides is 1. The van der Waals surface area contributed by atoms with E-state index in [-0.39, 0.29) is 34.9 Å². The van der Waals surface area contributed by atoms with E-state index < -0.39 is 0 Å². The summed E-state index contributed by atoms with van der Waals surface area (Å²) in [5.74, 6) is -0.646. The summed E-state index contributed by atoms with van der Waals surface area (Å²) < 4.78 is 1.73. The van der Waals surface area contributed by atoms with E-state index in [9.17, 15) is 14.4 Å². The second-order valence-electron chi connectivity index (χ2n) is 8.56. The maximum absolute atomic E-state index is 13.5. The summed E-state index contributed by atoms with van der Waals surface area (Å²) in [6.07, 6.45) is 0. The van der Waals surface area contributed by atoms with E-state index >= 15 is 0 Å². The van der Waals surface area contributed by atoms with E-state index in [1.165, 1.54) is 6.92 Å². The summed E-state index contributed by atoms with van der Waals surface area (Å²) in [5.41, 5.74) is 3.55. The fraction of sp³-hybridized carbons (Fsp3) is 0.103. The molecular weight excluding hydrogens is 506 g/mol. The Kier molecular flexibility index (Phi) is 6.74. The molecule has 37 heavy (non-hydrogen) atoms. The van der Waals surface area contributed by atoms with Gasteiger partial charge in [-0.3, -0.25) is 14.4 Å². The largest absolute Gasteiger partial charge is 0.348 e. The standard InChI is InChI=1S/C29H22ClN3O3S/c1-17(34)27-24(15-31-29(36)20-10-8-19(9-11-20)25-16-37-18(2)32-25)28(35)23-13-12-21(30)14-26(23)33(27)22-6-4-3-5-7-22/h3-14,16H,15H2,1-2H3,(H,31,36). The quantitative estimate of drug-likeness (QED) is 0.266. The van der Waals surface area contributed by atoms with Crippen LogP contribution < -0.4 is 10.7 Å². The number of aromatic nitrogens is 2. The molecule has 5 aromatic rings. The van der Waals surface area contributed by atoms with Gasteiger partial charge in [0.2, 0.25) is 0 Å². The van der Waals surface area contributed by atoms with E-state index in [4.69, 9.17) is 11.6 Å². The Morgan fingerprint density at radius 1 is 1.03 bits per heavy atom. The number of hydrogen-bond donors (Lipinski definition) is 1. The van der Waals surface area contributed by atoms with Crippen LogP contribution in [0.4, 0.5) is 0 Å². The van der Waals surface area contributed by atoms with Crippen molar-refractivity contribution >= 4 is 45.5 Å². The molecule has 0 fully saturated rings. The molecule has 5 rings (SSSR count). The van der Waals surface area contributed by atoms with Crippen molar-refractivity contribution in [1.82, 2.24) is 14.9 Å². The lowest BCUT2D eigenvalue weighted by Gasteiger charge is -2.19. The number of nitrogens with one attached hydrogen (secondary N) is 1. The highest BCUT2D eigenvalue weighted by molar-refractivity contribution is 7.09. The average Bonchev–Trinajstić information content (AvgIpc) is 3.34. The number of hydrogen-bond acceptors (Lipinski definition) is 5. The van der Waals surface area contributed by atoms with Crippen LogP contribution in [0.15, 0.2) is 83.0 Å². The van der Waals surface area contributed by atoms with Crippen molar-refractivity contribution in [3.05, 3.63) is 115 Å². The Balaban J connectivity index is 1.54. The van der Waals surface area contributed by atoms with Gasteiger partial charge in [0, 0.05) is 51.6 Å². The Morgan fingerprint density at radius 3 is 2.41 bits per heavy atom. The summed E-state index contributed by atoms with van der Waals surface area (Å²) in [4.78, 5) is 43.9. The normalized spacial score (nSPS) is 11.0. The Labute approximate surface area is 222 Å². The van der Waals surface area contributed by atoms with Crippen LogP contribution in [-0.4, -0.2) is 21.2 Å². The minimum atomic E-state index is -0.350. The van der Waals surface area contributed by atoms with Gasteiger partial charge in [0.05, 0.1) is 21.9 Å². The number of ketones is 1. The van der Waals surface area contributed by atoms with Crippen LogP contribution in [0.1, 0.15) is 38.3 Å². The zero-order valence-corrected chi connectivity index (χ0v) is 21.7. The molecule has 0 unspecified atom stereocenters. The summed E-state index contributed by atoms with van der Waals surface area (Å²) in [5, 5.41) is 6.62. The monoisotopic (exact) mass is 527 g/mol. The van der Waals surface area contributed by atoms with E-state index in [2.05, 4.69) is 10.3 Å². The van der Waals surface area contributed by atoms with Crippen molar-refractivity contribution in [3.8, 4) is 16.9 Å². The van der Waals surface area contributed by atoms with Gasteiger partial charge >= 0.3 is 0 Å². The molecule has 0 saturated carbocycles. The molecule has 3 aromatic carbocycles. The van der Waals surface area contributed by atoms with Crippen LogP contribution in [-0.2, 0) is 6.54 Å². The second-order valence-corrected chi connectivity index (χ2v) is 10.1. The first kappa shape index (κ1) is 24.6. The van der Waals surface area contributed by atoms with Gasteiger partial charge in [0.25, 0.3) is 5.91 Å². The highest BCUT2D eigenvalue weighted by Crippen LogP contribution is 2.26. The molecule has 1 amide bonds. The highest BCUT2D eigenvalue weighted by Gasteiger charge is 2.22. The number of carbonyl (C=O) groups is 2. The third-order valence-electron chi connectivity index (χ3n) is 6.06. The molecule has 0 saturated heterocycles. The minimum Gasteiger partial charge on any atom is -0.348 e. The minimum absolute atomic E-state index is 0.106. The van der Waals surface area contributed by atoms with Gasteiger partial charge in [0.15, 0.2) is 11.2 Å². The Hall–Kier alpha value is -4.07. The van der Waals surface area contributed by atoms with Crippen molar-refractivity contribution in [2.75, 3.05) is 0 Å². The molecule has 0 radical (unpaired) electrons. The molecule has 8 heteroatoms. The van der Waals surface area contributed by atoms with Crippen molar-refractivity contribution in [3.63, 3.8) is 0 Å². The van der Waals surface area contributed by atoms with Crippen LogP contribution in [0.2, 0.25) is 5.02 Å². The third kappa shape index (κ3) is 4.83. The van der Waals surface area contributed by atoms with Crippen LogP contribution in [0.3, 0.4) is 0 Å². The zero-order chi connectivity index (χ0) is 26.1. The smallest absolute Gasteiger partial charge is 0.251 e. The summed E-state index contributed by atoms with van der Waals surface area (Å²) in [7, 11) is 0. The molecule has 2 aromatic heterocycles. The molecule has 0 aliphatic carbocycles. The molecule has 0 spiro atoms. The first-order valence-corrected chi connectivity index (χ1v) is 12.8. The van der Waals surface area contributed by atoms with Gasteiger partial charge in [-0.1, -0.05) is 41.9 Å². The lowest BCUT2D eigenvalue weighted by molar-refractivity contribution is 0.0946. The number of carbonyl (C=O) groups excluding carboxylic acids is 2. The van der Waals surface area contributed by atoms with Crippen molar-refractivity contribution in [1.29, 1.82) is 0 Å². The molecule has 0 bridgehead atoms. The van der Waals surface area contributed by atoms with E-state index in [1.54, 1.807) is 46.2 Å². The maximum atomic E-state index is 13.5. The summed E-state index contributed by atoms with van der Waals surface area (Å²) in [6.45, 7) is 3.25. The lowest BCUT2D eigenvalue weighted by Crippen LogP contribution is -2.30. The van der Waals surface area contributed by atoms with Gasteiger partial charge in [-0.25, -0.2) is 4.98 Å². The van der Waals surface area contributed by atoms with Gasteiger partial charge < -0.3 is 9.88 Å². The van der Waals surface area contributed by atoms with Gasteiger partial charge in [-0.15, -0.1) is 11.3 Å². The lowest BCUT2D eigenvalue weighted by atomic mass is 10.0. The van der Waals surface area contributed by atoms with Gasteiger partial charge in [0.1, 0.15) is 0 Å². The predicted molar refractivity (Wildman–Crippen MR) is 148 cm³/mol. The second kappa shape index (κ2) is 10.1. The molecule has 0 aliphatic heterocycles. The van der Waals surface area contributed by atoms with Crippen LogP contribution in [0.25, 0.3) is 27.8 Å². The molecule has 2 heterocycles. The first-order valence-electron chi connectivity index (χ1n) is 11.6. The number of thiazole rings is 1. The predicted octanol–water partition coefficient (Wildman–Crippen LogP) is 6.21. The van der Waals surface area contributed by atoms with E-state index in [1.807, 2.05) is 54.8 Å². The van der Waals surface area contributed by atoms with Crippen molar-refractivity contribution in [2.45, 2.75) is 20.4 Å². The van der Waals surface area contributed by atoms with Gasteiger partial charge in [-0.2, -0.15) is 0 Å². The van der Waals surface area contributed by atoms with Crippen LogP contribution >= 0.6 is 22.9 Å². The summed E-state index contributed by atoms with van der Waals surface area (Å²) >= 11 is 7.83. The number of para-hydroxylation sites is 1. The average molecular weight is 528 g/mol. The fourth-order valence-electron chi connectivity index (χ4n) is 4.35. The van der Waals surface area contributed by atoms with E-state index in [0.29, 0.717) is 27.2 Å². The Morgan fingerprint density at radius 2 is 1.76 bits per heavy atom. The fourth-order valence-corrected chi connectivity index (χ4v) is 5.13. The number of Topliss-reactive ketones (excluding diaryl/α,β-unsaturated/α-hetero) is 1. The number of pyridine rings is 1. The number of halogens is 1. The van der Waals surface area contributed by atoms with Crippen LogP contribution in [0.5, 0.6) is 0 Å². The third-order valence-corrected chi connectivity index (χ3v) is 7.07. The summed E-state index contributed by atoms with van der Waals surface area (Å²) in [6, 6.07) is 21.4. The van der Waals surface area contributed by atoms with Gasteiger partial charge in [-0.05, 0) is 49.4 Å². The number of benzene rings is 3. The first-order chi connectivity index (χ1) is 17.8. The van der Waals surface area contributed by atoms with Crippen molar-refractivity contribution < 1.29 is 9.59 Å². The van der Waals surface area contributed by atoms with Crippen molar-refractivity contribution in [2.24, 2.45) is 0 Å². The molecule has 1 N–H and O–H groups in total. The number of aryl methyl sites for hydroxylation is 1. The number of nitrogens with zero attached hydrogens (tertiary/aromatic N) is 2. The number of fused-ring (bicyclic) bond motifs is 1. The molecule has 184 valence electrons. The Bertz CT molecular complexity index is 1710. The molecule has 0 atom stereocenters. The SMILES string of the molecule is CC(=O)c1c(CNC(=O)c2ccc(-c3csc(C)n3)cc2)c(=O)c2ccc(Cl)cc2n1-c1ccccc1.